The molecule has 1 saturated heterocycles. The summed E-state index contributed by atoms with van der Waals surface area (Å²) in [6.07, 6.45) is 1.02. The number of aryl methyl sites for hydroxylation is 1. The second kappa shape index (κ2) is 8.37. The minimum Gasteiger partial charge on any atom is -0.347 e. The van der Waals surface area contributed by atoms with Crippen LogP contribution in [0.25, 0.3) is 0 Å². The van der Waals surface area contributed by atoms with Gasteiger partial charge in [0, 0.05) is 42.3 Å². The lowest BCUT2D eigenvalue weighted by molar-refractivity contribution is -0.120. The van der Waals surface area contributed by atoms with Gasteiger partial charge < -0.3 is 10.2 Å². The average molecular weight is 393 g/mol. The van der Waals surface area contributed by atoms with Gasteiger partial charge in [0.25, 0.3) is 0 Å². The topological polar surface area (TPSA) is 48.5 Å². The van der Waals surface area contributed by atoms with Crippen LogP contribution in [0.2, 0.25) is 5.02 Å². The second-order valence-corrected chi connectivity index (χ2v) is 7.97. The number of amides is 1. The number of carbonyl (C=O) groups is 1. The van der Waals surface area contributed by atoms with Gasteiger partial charge in [-0.2, -0.15) is 0 Å². The summed E-state index contributed by atoms with van der Waals surface area (Å²) >= 11 is 7.84. The molecule has 7 heteroatoms. The van der Waals surface area contributed by atoms with Gasteiger partial charge in [0.2, 0.25) is 5.91 Å². The van der Waals surface area contributed by atoms with E-state index >= 15 is 0 Å². The predicted octanol–water partition coefficient (Wildman–Crippen LogP) is 3.95. The molecule has 0 bridgehead atoms. The SMILES string of the molecule is Cc1csc(N2CCCN(C(C)C(=O)Nc3cccc(Cl)c3C)CC2)n1. The molecule has 2 heterocycles. The fraction of sp³-hybridized carbons (Fsp3) is 0.474. The number of carbonyl (C=O) groups excluding carboxylic acids is 1. The van der Waals surface area contributed by atoms with Gasteiger partial charge in [-0.15, -0.1) is 11.3 Å². The molecule has 1 aliphatic heterocycles. The first-order valence-corrected chi connectivity index (χ1v) is 10.2. The fourth-order valence-corrected chi connectivity index (χ4v) is 4.18. The number of aromatic nitrogens is 1. The molecule has 0 radical (unpaired) electrons. The molecule has 1 unspecified atom stereocenters. The molecule has 1 N–H and O–H groups in total. The summed E-state index contributed by atoms with van der Waals surface area (Å²) in [5.74, 6) is 0.00825. The average Bonchev–Trinajstić information content (AvgIpc) is 2.91. The summed E-state index contributed by atoms with van der Waals surface area (Å²) in [7, 11) is 0. The maximum Gasteiger partial charge on any atom is 0.241 e. The summed E-state index contributed by atoms with van der Waals surface area (Å²) in [6, 6.07) is 5.39. The summed E-state index contributed by atoms with van der Waals surface area (Å²) in [5.41, 5.74) is 2.75. The van der Waals surface area contributed by atoms with Crippen LogP contribution in [0.5, 0.6) is 0 Å². The number of halogens is 1. The molecular formula is C19H25ClN4OS. The Bertz CT molecular complexity index is 779. The minimum atomic E-state index is -0.189. The van der Waals surface area contributed by atoms with Crippen molar-refractivity contribution in [2.24, 2.45) is 0 Å². The van der Waals surface area contributed by atoms with Gasteiger partial charge in [-0.05, 0) is 44.9 Å². The van der Waals surface area contributed by atoms with Gasteiger partial charge in [0.1, 0.15) is 0 Å². The molecule has 0 aliphatic carbocycles. The van der Waals surface area contributed by atoms with E-state index in [0.29, 0.717) is 5.02 Å². The molecule has 1 aliphatic rings. The second-order valence-electron chi connectivity index (χ2n) is 6.73. The smallest absolute Gasteiger partial charge is 0.241 e. The summed E-state index contributed by atoms with van der Waals surface area (Å²) in [6.45, 7) is 9.53. The minimum absolute atomic E-state index is 0.00825. The Hall–Kier alpha value is -1.63. The number of nitrogens with one attached hydrogen (secondary N) is 1. The largest absolute Gasteiger partial charge is 0.347 e. The van der Waals surface area contributed by atoms with Gasteiger partial charge >= 0.3 is 0 Å². The Morgan fingerprint density at radius 2 is 2.08 bits per heavy atom. The molecule has 3 rings (SSSR count). The van der Waals surface area contributed by atoms with Crippen LogP contribution in [0.4, 0.5) is 10.8 Å². The van der Waals surface area contributed by atoms with Crippen LogP contribution < -0.4 is 10.2 Å². The number of rotatable bonds is 4. The molecular weight excluding hydrogens is 368 g/mol. The molecule has 2 aromatic rings. The van der Waals surface area contributed by atoms with E-state index in [4.69, 9.17) is 11.6 Å². The molecule has 0 saturated carbocycles. The molecule has 26 heavy (non-hydrogen) atoms. The molecule has 0 spiro atoms. The molecule has 1 atom stereocenters. The Morgan fingerprint density at radius 1 is 1.27 bits per heavy atom. The molecule has 1 fully saturated rings. The molecule has 1 aromatic heterocycles. The number of hydrogen-bond donors (Lipinski definition) is 1. The van der Waals surface area contributed by atoms with E-state index in [1.54, 1.807) is 11.3 Å². The maximum absolute atomic E-state index is 12.7. The van der Waals surface area contributed by atoms with E-state index in [1.807, 2.05) is 39.0 Å². The molecule has 5 nitrogen and oxygen atoms in total. The van der Waals surface area contributed by atoms with Crippen LogP contribution in [-0.2, 0) is 4.79 Å². The Morgan fingerprint density at radius 3 is 2.81 bits per heavy atom. The van der Waals surface area contributed by atoms with Crippen molar-refractivity contribution >= 4 is 39.7 Å². The van der Waals surface area contributed by atoms with E-state index in [2.05, 4.69) is 25.5 Å². The Kier molecular flexibility index (Phi) is 6.16. The van der Waals surface area contributed by atoms with Crippen LogP contribution >= 0.6 is 22.9 Å². The van der Waals surface area contributed by atoms with Gasteiger partial charge in [0.15, 0.2) is 5.13 Å². The molecule has 1 amide bonds. The van der Waals surface area contributed by atoms with Gasteiger partial charge in [0.05, 0.1) is 11.7 Å². The number of anilines is 2. The Labute approximate surface area is 164 Å². The first kappa shape index (κ1) is 19.1. The van der Waals surface area contributed by atoms with Crippen LogP contribution in [-0.4, -0.2) is 48.0 Å². The number of thiazole rings is 1. The van der Waals surface area contributed by atoms with Gasteiger partial charge in [-0.3, -0.25) is 9.69 Å². The van der Waals surface area contributed by atoms with E-state index in [0.717, 1.165) is 54.7 Å². The lowest BCUT2D eigenvalue weighted by Crippen LogP contribution is -2.44. The third-order valence-electron chi connectivity index (χ3n) is 4.86. The zero-order valence-electron chi connectivity index (χ0n) is 15.5. The van der Waals surface area contributed by atoms with E-state index < -0.39 is 0 Å². The van der Waals surface area contributed by atoms with Crippen molar-refractivity contribution in [3.63, 3.8) is 0 Å². The molecule has 1 aromatic carbocycles. The zero-order valence-corrected chi connectivity index (χ0v) is 17.0. The van der Waals surface area contributed by atoms with E-state index in [-0.39, 0.29) is 11.9 Å². The lowest BCUT2D eigenvalue weighted by atomic mass is 10.2. The highest BCUT2D eigenvalue weighted by atomic mass is 35.5. The summed E-state index contributed by atoms with van der Waals surface area (Å²) in [5, 5.41) is 6.86. The first-order chi connectivity index (χ1) is 12.5. The first-order valence-electron chi connectivity index (χ1n) is 8.93. The monoisotopic (exact) mass is 392 g/mol. The van der Waals surface area contributed by atoms with Crippen LogP contribution in [0.1, 0.15) is 24.6 Å². The molecule has 140 valence electrons. The van der Waals surface area contributed by atoms with Crippen molar-refractivity contribution in [3.05, 3.63) is 39.9 Å². The van der Waals surface area contributed by atoms with E-state index in [1.165, 1.54) is 0 Å². The normalized spacial score (nSPS) is 17.0. The number of nitrogens with zero attached hydrogens (tertiary/aromatic N) is 3. The van der Waals surface area contributed by atoms with Crippen molar-refractivity contribution in [2.45, 2.75) is 33.2 Å². The highest BCUT2D eigenvalue weighted by Gasteiger charge is 2.25. The third-order valence-corrected chi connectivity index (χ3v) is 6.29. The predicted molar refractivity (Wildman–Crippen MR) is 110 cm³/mol. The van der Waals surface area contributed by atoms with Crippen LogP contribution in [0.15, 0.2) is 23.6 Å². The standard InChI is InChI=1S/C19H25ClN4OS/c1-13-12-26-19(21-13)24-9-5-8-23(10-11-24)15(3)18(25)22-17-7-4-6-16(20)14(17)2/h4,6-7,12,15H,5,8-11H2,1-3H3,(H,22,25). The van der Waals surface area contributed by atoms with Crippen molar-refractivity contribution in [3.8, 4) is 0 Å². The zero-order chi connectivity index (χ0) is 18.7. The van der Waals surface area contributed by atoms with Crippen LogP contribution in [0.3, 0.4) is 0 Å². The third kappa shape index (κ3) is 4.37. The summed E-state index contributed by atoms with van der Waals surface area (Å²) in [4.78, 5) is 21.9. The highest BCUT2D eigenvalue weighted by Crippen LogP contribution is 2.24. The fourth-order valence-electron chi connectivity index (χ4n) is 3.15. The van der Waals surface area contributed by atoms with Crippen molar-refractivity contribution in [1.29, 1.82) is 0 Å². The number of hydrogen-bond acceptors (Lipinski definition) is 5. The van der Waals surface area contributed by atoms with Crippen molar-refractivity contribution < 1.29 is 4.79 Å². The van der Waals surface area contributed by atoms with Crippen molar-refractivity contribution in [2.75, 3.05) is 36.4 Å². The highest BCUT2D eigenvalue weighted by molar-refractivity contribution is 7.13. The van der Waals surface area contributed by atoms with Crippen LogP contribution in [0, 0.1) is 13.8 Å². The lowest BCUT2D eigenvalue weighted by Gasteiger charge is -2.27. The number of benzene rings is 1. The van der Waals surface area contributed by atoms with E-state index in [9.17, 15) is 4.79 Å². The van der Waals surface area contributed by atoms with Gasteiger partial charge in [-0.25, -0.2) is 4.98 Å². The quantitative estimate of drug-likeness (QED) is 0.855. The maximum atomic E-state index is 12.7. The Balaban J connectivity index is 1.61. The summed E-state index contributed by atoms with van der Waals surface area (Å²) < 4.78 is 0. The van der Waals surface area contributed by atoms with Gasteiger partial charge in [-0.1, -0.05) is 17.7 Å². The van der Waals surface area contributed by atoms with Crippen molar-refractivity contribution in [1.82, 2.24) is 9.88 Å².